The largest absolute Gasteiger partial charge is 0.394 e. The van der Waals surface area contributed by atoms with E-state index < -0.39 is 0 Å². The van der Waals surface area contributed by atoms with Gasteiger partial charge >= 0.3 is 0 Å². The Hall–Kier alpha value is -0.940. The van der Waals surface area contributed by atoms with E-state index in [0.717, 1.165) is 26.2 Å². The number of fused-ring (bicyclic) bond motifs is 1. The van der Waals surface area contributed by atoms with Gasteiger partial charge in [-0.2, -0.15) is 0 Å². The van der Waals surface area contributed by atoms with Gasteiger partial charge in [-0.25, -0.2) is 0 Å². The summed E-state index contributed by atoms with van der Waals surface area (Å²) < 4.78 is 1.31. The Morgan fingerprint density at radius 1 is 1.28 bits per heavy atom. The first-order chi connectivity index (χ1) is 8.88. The molecule has 3 nitrogen and oxygen atoms in total. The van der Waals surface area contributed by atoms with Crippen molar-refractivity contribution >= 4 is 21.4 Å². The summed E-state index contributed by atoms with van der Waals surface area (Å²) in [4.78, 5) is 3.65. The number of thiophene rings is 1. The minimum Gasteiger partial charge on any atom is -0.394 e. The average molecular weight is 262 g/mol. The summed E-state index contributed by atoms with van der Waals surface area (Å²) in [6, 6.07) is 10.8. The number of benzene rings is 1. The standard InChI is InChI=1S/C14H18N2OS/c17-10-12(16-7-5-15-6-8-16)14-9-11-3-1-2-4-13(11)18-14/h1-4,9,12,15,17H,5-8,10H2. The molecule has 2 aromatic rings. The van der Waals surface area contributed by atoms with Gasteiger partial charge in [0.15, 0.2) is 0 Å². The van der Waals surface area contributed by atoms with Crippen LogP contribution in [0, 0.1) is 0 Å². The fourth-order valence-corrected chi connectivity index (χ4v) is 3.74. The molecule has 1 atom stereocenters. The molecule has 1 saturated heterocycles. The normalized spacial score (nSPS) is 19.2. The Bertz CT molecular complexity index is 486. The van der Waals surface area contributed by atoms with E-state index in [0.29, 0.717) is 0 Å². The molecular weight excluding hydrogens is 244 g/mol. The molecule has 1 aromatic carbocycles. The monoisotopic (exact) mass is 262 g/mol. The minimum atomic E-state index is 0.157. The lowest BCUT2D eigenvalue weighted by molar-refractivity contribution is 0.113. The smallest absolute Gasteiger partial charge is 0.0676 e. The van der Waals surface area contributed by atoms with E-state index in [9.17, 15) is 5.11 Å². The molecule has 1 aliphatic heterocycles. The van der Waals surface area contributed by atoms with Gasteiger partial charge in [0.05, 0.1) is 12.6 Å². The Kier molecular flexibility index (Phi) is 3.61. The van der Waals surface area contributed by atoms with Crippen molar-refractivity contribution in [1.82, 2.24) is 10.2 Å². The first-order valence-electron chi connectivity index (χ1n) is 6.42. The van der Waals surface area contributed by atoms with E-state index in [-0.39, 0.29) is 12.6 Å². The second-order valence-corrected chi connectivity index (χ2v) is 5.79. The van der Waals surface area contributed by atoms with Crippen LogP contribution >= 0.6 is 11.3 Å². The molecule has 0 bridgehead atoms. The van der Waals surface area contributed by atoms with Crippen LogP contribution in [0.25, 0.3) is 10.1 Å². The van der Waals surface area contributed by atoms with Gasteiger partial charge in [-0.15, -0.1) is 11.3 Å². The maximum Gasteiger partial charge on any atom is 0.0676 e. The Labute approximate surface area is 111 Å². The molecule has 1 unspecified atom stereocenters. The topological polar surface area (TPSA) is 35.5 Å². The molecule has 0 radical (unpaired) electrons. The quantitative estimate of drug-likeness (QED) is 0.886. The molecular formula is C14H18N2OS. The van der Waals surface area contributed by atoms with Crippen LogP contribution in [0.2, 0.25) is 0 Å². The highest BCUT2D eigenvalue weighted by atomic mass is 32.1. The van der Waals surface area contributed by atoms with Crippen LogP contribution in [0.1, 0.15) is 10.9 Å². The number of rotatable bonds is 3. The third-order valence-corrected chi connectivity index (χ3v) is 4.76. The van der Waals surface area contributed by atoms with E-state index in [1.165, 1.54) is 15.0 Å². The summed E-state index contributed by atoms with van der Waals surface area (Å²) in [5.41, 5.74) is 0. The first-order valence-corrected chi connectivity index (χ1v) is 7.24. The molecule has 2 heterocycles. The summed E-state index contributed by atoms with van der Waals surface area (Å²) in [7, 11) is 0. The zero-order valence-corrected chi connectivity index (χ0v) is 11.1. The van der Waals surface area contributed by atoms with Crippen molar-refractivity contribution in [3.63, 3.8) is 0 Å². The number of aliphatic hydroxyl groups excluding tert-OH is 1. The molecule has 96 valence electrons. The second kappa shape index (κ2) is 5.36. The maximum atomic E-state index is 9.70. The van der Waals surface area contributed by atoms with Crippen molar-refractivity contribution in [3.8, 4) is 0 Å². The number of nitrogens with zero attached hydrogens (tertiary/aromatic N) is 1. The van der Waals surface area contributed by atoms with Crippen LogP contribution in [0.3, 0.4) is 0 Å². The molecule has 3 rings (SSSR count). The molecule has 2 N–H and O–H groups in total. The number of hydrogen-bond acceptors (Lipinski definition) is 4. The van der Waals surface area contributed by atoms with Crippen molar-refractivity contribution in [2.24, 2.45) is 0 Å². The molecule has 1 aliphatic rings. The van der Waals surface area contributed by atoms with Crippen LogP contribution in [0.5, 0.6) is 0 Å². The van der Waals surface area contributed by atoms with Gasteiger partial charge in [-0.3, -0.25) is 4.90 Å². The van der Waals surface area contributed by atoms with E-state index in [1.807, 2.05) is 0 Å². The Balaban J connectivity index is 1.90. The van der Waals surface area contributed by atoms with Gasteiger partial charge < -0.3 is 10.4 Å². The van der Waals surface area contributed by atoms with Crippen LogP contribution in [-0.2, 0) is 0 Å². The molecule has 0 amide bonds. The molecule has 18 heavy (non-hydrogen) atoms. The highest BCUT2D eigenvalue weighted by molar-refractivity contribution is 7.19. The van der Waals surface area contributed by atoms with Crippen LogP contribution in [-0.4, -0.2) is 42.8 Å². The van der Waals surface area contributed by atoms with Crippen molar-refractivity contribution in [1.29, 1.82) is 0 Å². The lowest BCUT2D eigenvalue weighted by Gasteiger charge is -2.33. The second-order valence-electron chi connectivity index (χ2n) is 4.67. The highest BCUT2D eigenvalue weighted by Gasteiger charge is 2.22. The summed E-state index contributed by atoms with van der Waals surface area (Å²) >= 11 is 1.80. The van der Waals surface area contributed by atoms with Crippen molar-refractivity contribution in [2.75, 3.05) is 32.8 Å². The van der Waals surface area contributed by atoms with Gasteiger partial charge in [-0.1, -0.05) is 18.2 Å². The lowest BCUT2D eigenvalue weighted by Crippen LogP contribution is -2.45. The van der Waals surface area contributed by atoms with Crippen molar-refractivity contribution in [3.05, 3.63) is 35.2 Å². The number of hydrogen-bond donors (Lipinski definition) is 2. The molecule has 0 spiro atoms. The van der Waals surface area contributed by atoms with Crippen LogP contribution in [0.15, 0.2) is 30.3 Å². The summed E-state index contributed by atoms with van der Waals surface area (Å²) in [5, 5.41) is 14.3. The van der Waals surface area contributed by atoms with E-state index in [1.54, 1.807) is 11.3 Å². The van der Waals surface area contributed by atoms with Gasteiger partial charge in [0.1, 0.15) is 0 Å². The third-order valence-electron chi connectivity index (χ3n) is 3.54. The summed E-state index contributed by atoms with van der Waals surface area (Å²) in [5.74, 6) is 0. The number of piperazine rings is 1. The Morgan fingerprint density at radius 2 is 2.06 bits per heavy atom. The van der Waals surface area contributed by atoms with E-state index in [2.05, 4.69) is 40.5 Å². The molecule has 4 heteroatoms. The fraction of sp³-hybridized carbons (Fsp3) is 0.429. The van der Waals surface area contributed by atoms with Crippen molar-refractivity contribution in [2.45, 2.75) is 6.04 Å². The van der Waals surface area contributed by atoms with Gasteiger partial charge in [0.25, 0.3) is 0 Å². The van der Waals surface area contributed by atoms with Gasteiger partial charge in [0, 0.05) is 35.8 Å². The minimum absolute atomic E-state index is 0.157. The summed E-state index contributed by atoms with van der Waals surface area (Å²) in [6.07, 6.45) is 0. The van der Waals surface area contributed by atoms with Crippen LogP contribution < -0.4 is 5.32 Å². The fourth-order valence-electron chi connectivity index (χ4n) is 2.55. The summed E-state index contributed by atoms with van der Waals surface area (Å²) in [6.45, 7) is 4.26. The predicted octanol–water partition coefficient (Wildman–Crippen LogP) is 1.84. The highest BCUT2D eigenvalue weighted by Crippen LogP contribution is 2.32. The molecule has 1 aromatic heterocycles. The first kappa shape index (κ1) is 12.1. The van der Waals surface area contributed by atoms with Gasteiger partial charge in [-0.05, 0) is 17.5 Å². The van der Waals surface area contributed by atoms with Crippen LogP contribution in [0.4, 0.5) is 0 Å². The number of aliphatic hydroxyl groups is 1. The van der Waals surface area contributed by atoms with Gasteiger partial charge in [0.2, 0.25) is 0 Å². The predicted molar refractivity (Wildman–Crippen MR) is 76.1 cm³/mol. The molecule has 1 fully saturated rings. The zero-order chi connectivity index (χ0) is 12.4. The third kappa shape index (κ3) is 2.29. The Morgan fingerprint density at radius 3 is 2.78 bits per heavy atom. The maximum absolute atomic E-state index is 9.70. The average Bonchev–Trinajstić information content (AvgIpc) is 2.84. The SMILES string of the molecule is OCC(c1cc2ccccc2s1)N1CCNCC1. The molecule has 0 saturated carbocycles. The molecule has 0 aliphatic carbocycles. The number of nitrogens with one attached hydrogen (secondary N) is 1. The van der Waals surface area contributed by atoms with E-state index >= 15 is 0 Å². The van der Waals surface area contributed by atoms with E-state index in [4.69, 9.17) is 0 Å². The zero-order valence-electron chi connectivity index (χ0n) is 10.3. The lowest BCUT2D eigenvalue weighted by atomic mass is 10.1. The van der Waals surface area contributed by atoms with Crippen molar-refractivity contribution < 1.29 is 5.11 Å².